The lowest BCUT2D eigenvalue weighted by molar-refractivity contribution is 0.162. The van der Waals surface area contributed by atoms with Gasteiger partial charge >= 0.3 is 0 Å². The highest BCUT2D eigenvalue weighted by Crippen LogP contribution is 2.08. The number of nitrogens with zero attached hydrogens (tertiary/aromatic N) is 1. The van der Waals surface area contributed by atoms with Gasteiger partial charge in [0, 0.05) is 31.5 Å². The van der Waals surface area contributed by atoms with Gasteiger partial charge in [-0.15, -0.1) is 11.3 Å². The van der Waals surface area contributed by atoms with Gasteiger partial charge in [0.1, 0.15) is 0 Å². The second-order valence-corrected chi connectivity index (χ2v) is 5.21. The molecule has 0 saturated carbocycles. The van der Waals surface area contributed by atoms with E-state index >= 15 is 0 Å². The summed E-state index contributed by atoms with van der Waals surface area (Å²) in [7, 11) is 1.74. The molecule has 1 aromatic heterocycles. The Balaban J connectivity index is 2.21. The zero-order chi connectivity index (χ0) is 12.5. The number of thiazole rings is 1. The summed E-state index contributed by atoms with van der Waals surface area (Å²) < 4.78 is 5.19. The predicted molar refractivity (Wildman–Crippen MR) is 72.5 cm³/mol. The van der Waals surface area contributed by atoms with E-state index in [9.17, 15) is 0 Å². The Labute approximate surface area is 108 Å². The van der Waals surface area contributed by atoms with Crippen molar-refractivity contribution in [2.24, 2.45) is 5.73 Å². The van der Waals surface area contributed by atoms with Gasteiger partial charge < -0.3 is 15.8 Å². The van der Waals surface area contributed by atoms with Gasteiger partial charge in [0.05, 0.1) is 17.3 Å². The van der Waals surface area contributed by atoms with Crippen LogP contribution in [0.1, 0.15) is 23.5 Å². The van der Waals surface area contributed by atoms with Crippen LogP contribution >= 0.6 is 11.3 Å². The van der Waals surface area contributed by atoms with Crippen molar-refractivity contribution in [3.63, 3.8) is 0 Å². The van der Waals surface area contributed by atoms with E-state index in [1.54, 1.807) is 18.4 Å². The first-order valence-corrected chi connectivity index (χ1v) is 6.97. The Morgan fingerprint density at radius 1 is 1.59 bits per heavy atom. The van der Waals surface area contributed by atoms with Crippen molar-refractivity contribution in [1.29, 1.82) is 0 Å². The number of rotatable bonds is 9. The summed E-state index contributed by atoms with van der Waals surface area (Å²) in [5, 5.41) is 6.76. The van der Waals surface area contributed by atoms with E-state index < -0.39 is 0 Å². The molecule has 0 aliphatic heterocycles. The van der Waals surface area contributed by atoms with Crippen molar-refractivity contribution >= 4 is 11.3 Å². The highest BCUT2D eigenvalue weighted by Gasteiger charge is 2.07. The minimum Gasteiger partial charge on any atom is -0.383 e. The molecule has 0 aliphatic carbocycles. The summed E-state index contributed by atoms with van der Waals surface area (Å²) in [6.45, 7) is 4.47. The average Bonchev–Trinajstić information content (AvgIpc) is 2.72. The molecule has 3 N–H and O–H groups in total. The first-order valence-electron chi connectivity index (χ1n) is 6.09. The number of nitrogens with one attached hydrogen (secondary N) is 1. The number of hydrogen-bond donors (Lipinski definition) is 2. The Morgan fingerprint density at radius 2 is 2.41 bits per heavy atom. The van der Waals surface area contributed by atoms with Crippen LogP contribution in [0.25, 0.3) is 0 Å². The molecule has 98 valence electrons. The van der Waals surface area contributed by atoms with Gasteiger partial charge in [0.25, 0.3) is 0 Å². The van der Waals surface area contributed by atoms with Crippen molar-refractivity contribution in [2.75, 3.05) is 26.8 Å². The maximum Gasteiger partial charge on any atom is 0.0897 e. The van der Waals surface area contributed by atoms with Gasteiger partial charge in [-0.25, -0.2) is 4.98 Å². The van der Waals surface area contributed by atoms with Crippen molar-refractivity contribution < 1.29 is 4.74 Å². The zero-order valence-corrected chi connectivity index (χ0v) is 11.6. The maximum absolute atomic E-state index is 5.52. The topological polar surface area (TPSA) is 60.2 Å². The normalized spacial score (nSPS) is 12.9. The van der Waals surface area contributed by atoms with Gasteiger partial charge in [-0.05, 0) is 26.3 Å². The molecule has 0 amide bonds. The van der Waals surface area contributed by atoms with Gasteiger partial charge in [-0.2, -0.15) is 0 Å². The first kappa shape index (κ1) is 14.6. The van der Waals surface area contributed by atoms with Crippen LogP contribution in [-0.4, -0.2) is 37.8 Å². The number of ether oxygens (including phenoxy) is 1. The number of aromatic nitrogens is 1. The predicted octanol–water partition coefficient (Wildman–Crippen LogP) is 1.34. The summed E-state index contributed by atoms with van der Waals surface area (Å²) in [5.41, 5.74) is 6.69. The van der Waals surface area contributed by atoms with Crippen LogP contribution in [0.2, 0.25) is 0 Å². The van der Waals surface area contributed by atoms with Gasteiger partial charge in [0.15, 0.2) is 0 Å². The molecule has 1 aromatic rings. The highest BCUT2D eigenvalue weighted by atomic mass is 32.1. The van der Waals surface area contributed by atoms with E-state index in [2.05, 4.69) is 15.7 Å². The number of aryl methyl sites for hydroxylation is 1. The SMILES string of the molecule is COCC(CCCN)NCCc1csc(C)n1. The number of nitrogens with two attached hydrogens (primary N) is 1. The van der Waals surface area contributed by atoms with Crippen molar-refractivity contribution in [2.45, 2.75) is 32.2 Å². The lowest BCUT2D eigenvalue weighted by Gasteiger charge is -2.17. The van der Waals surface area contributed by atoms with Crippen LogP contribution in [0.5, 0.6) is 0 Å². The second-order valence-electron chi connectivity index (χ2n) is 4.15. The molecule has 5 heteroatoms. The zero-order valence-electron chi connectivity index (χ0n) is 10.7. The lowest BCUT2D eigenvalue weighted by atomic mass is 10.1. The van der Waals surface area contributed by atoms with Crippen LogP contribution in [0, 0.1) is 6.92 Å². The Bertz CT molecular complexity index is 304. The number of hydrogen-bond acceptors (Lipinski definition) is 5. The first-order chi connectivity index (χ1) is 8.26. The summed E-state index contributed by atoms with van der Waals surface area (Å²) in [6, 6.07) is 0.406. The molecule has 0 spiro atoms. The molecular weight excluding hydrogens is 234 g/mol. The Morgan fingerprint density at radius 3 is 3.00 bits per heavy atom. The molecule has 1 heterocycles. The van der Waals surface area contributed by atoms with Crippen LogP contribution in [-0.2, 0) is 11.2 Å². The minimum atomic E-state index is 0.406. The third-order valence-corrected chi connectivity index (χ3v) is 3.43. The minimum absolute atomic E-state index is 0.406. The fourth-order valence-electron chi connectivity index (χ4n) is 1.74. The van der Waals surface area contributed by atoms with Gasteiger partial charge in [0.2, 0.25) is 0 Å². The third kappa shape index (κ3) is 6.12. The molecule has 1 unspecified atom stereocenters. The second kappa shape index (κ2) is 8.58. The van der Waals surface area contributed by atoms with Gasteiger partial charge in [-0.1, -0.05) is 0 Å². The molecule has 0 aliphatic rings. The van der Waals surface area contributed by atoms with E-state index in [0.29, 0.717) is 6.04 Å². The van der Waals surface area contributed by atoms with Crippen molar-refractivity contribution in [3.8, 4) is 0 Å². The van der Waals surface area contributed by atoms with Crippen molar-refractivity contribution in [1.82, 2.24) is 10.3 Å². The van der Waals surface area contributed by atoms with E-state index in [-0.39, 0.29) is 0 Å². The van der Waals surface area contributed by atoms with Gasteiger partial charge in [-0.3, -0.25) is 0 Å². The Hall–Kier alpha value is -0.490. The molecule has 1 atom stereocenters. The molecule has 0 saturated heterocycles. The van der Waals surface area contributed by atoms with Crippen LogP contribution in [0.3, 0.4) is 0 Å². The summed E-state index contributed by atoms with van der Waals surface area (Å²) in [4.78, 5) is 4.44. The van der Waals surface area contributed by atoms with Crippen LogP contribution < -0.4 is 11.1 Å². The average molecular weight is 257 g/mol. The molecule has 17 heavy (non-hydrogen) atoms. The molecule has 0 bridgehead atoms. The summed E-state index contributed by atoms with van der Waals surface area (Å²) >= 11 is 1.71. The molecule has 4 nitrogen and oxygen atoms in total. The standard InChI is InChI=1S/C12H23N3OS/c1-10-15-12(9-17-10)5-7-14-11(8-16-2)4-3-6-13/h9,11,14H,3-8,13H2,1-2H3. The van der Waals surface area contributed by atoms with Crippen LogP contribution in [0.4, 0.5) is 0 Å². The fraction of sp³-hybridized carbons (Fsp3) is 0.750. The molecule has 0 radical (unpaired) electrons. The molecule has 0 aromatic carbocycles. The quantitative estimate of drug-likeness (QED) is 0.701. The van der Waals surface area contributed by atoms with Crippen molar-refractivity contribution in [3.05, 3.63) is 16.1 Å². The molecule has 0 fully saturated rings. The fourth-order valence-corrected chi connectivity index (χ4v) is 2.38. The summed E-state index contributed by atoms with van der Waals surface area (Å²) in [5.74, 6) is 0. The number of methoxy groups -OCH3 is 1. The molecular formula is C12H23N3OS. The van der Waals surface area contributed by atoms with E-state index in [1.165, 1.54) is 5.69 Å². The summed E-state index contributed by atoms with van der Waals surface area (Å²) in [6.07, 6.45) is 3.09. The van der Waals surface area contributed by atoms with E-state index in [1.807, 2.05) is 6.92 Å². The lowest BCUT2D eigenvalue weighted by Crippen LogP contribution is -2.35. The smallest absolute Gasteiger partial charge is 0.0897 e. The van der Waals surface area contributed by atoms with E-state index in [0.717, 1.165) is 44.0 Å². The molecule has 1 rings (SSSR count). The maximum atomic E-state index is 5.52. The van der Waals surface area contributed by atoms with Crippen LogP contribution in [0.15, 0.2) is 5.38 Å². The highest BCUT2D eigenvalue weighted by molar-refractivity contribution is 7.09. The third-order valence-electron chi connectivity index (χ3n) is 2.61. The Kier molecular flexibility index (Phi) is 7.35. The van der Waals surface area contributed by atoms with E-state index in [4.69, 9.17) is 10.5 Å². The largest absolute Gasteiger partial charge is 0.383 e. The monoisotopic (exact) mass is 257 g/mol.